The molecule has 0 radical (unpaired) electrons. The lowest BCUT2D eigenvalue weighted by atomic mass is 10.2. The van der Waals surface area contributed by atoms with Crippen molar-refractivity contribution < 1.29 is 4.79 Å². The maximum atomic E-state index is 12.1. The van der Waals surface area contributed by atoms with Gasteiger partial charge in [0, 0.05) is 5.02 Å². The summed E-state index contributed by atoms with van der Waals surface area (Å²) >= 11 is 7.44. The van der Waals surface area contributed by atoms with E-state index < -0.39 is 0 Å². The zero-order chi connectivity index (χ0) is 15.5. The fourth-order valence-electron chi connectivity index (χ4n) is 2.01. The maximum Gasteiger partial charge on any atom is 0.264 e. The molecule has 1 saturated heterocycles. The number of aliphatic imine (C=N–C) groups is 1. The number of nitrogens with one attached hydrogen (secondary N) is 1. The fraction of sp³-hybridized carbons (Fsp3) is 0.0588. The van der Waals surface area contributed by atoms with Crippen molar-refractivity contribution in [1.82, 2.24) is 5.32 Å². The number of hydrogen-bond donors (Lipinski definition) is 1. The summed E-state index contributed by atoms with van der Waals surface area (Å²) in [6.07, 6.45) is 1.78. The van der Waals surface area contributed by atoms with Gasteiger partial charge in [-0.1, -0.05) is 48.0 Å². The Morgan fingerprint density at radius 3 is 2.64 bits per heavy atom. The molecule has 1 aliphatic heterocycles. The predicted molar refractivity (Wildman–Crippen MR) is 93.4 cm³/mol. The molecule has 1 N–H and O–H groups in total. The van der Waals surface area contributed by atoms with Crippen molar-refractivity contribution in [1.29, 1.82) is 0 Å². The number of benzene rings is 2. The summed E-state index contributed by atoms with van der Waals surface area (Å²) < 4.78 is 0. The lowest BCUT2D eigenvalue weighted by molar-refractivity contribution is -0.115. The van der Waals surface area contributed by atoms with Crippen LogP contribution in [0.2, 0.25) is 5.02 Å². The van der Waals surface area contributed by atoms with E-state index in [9.17, 15) is 4.79 Å². The molecule has 3 nitrogen and oxygen atoms in total. The Morgan fingerprint density at radius 2 is 1.86 bits per heavy atom. The van der Waals surface area contributed by atoms with Gasteiger partial charge >= 0.3 is 0 Å². The monoisotopic (exact) mass is 328 g/mol. The van der Waals surface area contributed by atoms with Gasteiger partial charge in [0.1, 0.15) is 0 Å². The molecule has 1 aliphatic rings. The van der Waals surface area contributed by atoms with E-state index in [1.807, 2.05) is 49.4 Å². The van der Waals surface area contributed by atoms with Gasteiger partial charge in [0.25, 0.3) is 5.91 Å². The van der Waals surface area contributed by atoms with E-state index in [1.54, 1.807) is 12.1 Å². The molecule has 2 aromatic rings. The SMILES string of the molecule is Cc1ccccc1N=C1NC(=O)/C(=C/c2ccccc2Cl)S1. The van der Waals surface area contributed by atoms with Gasteiger partial charge in [-0.05, 0) is 48.0 Å². The van der Waals surface area contributed by atoms with Crippen molar-refractivity contribution in [3.63, 3.8) is 0 Å². The number of aryl methyl sites for hydroxylation is 1. The first-order valence-electron chi connectivity index (χ1n) is 6.73. The zero-order valence-corrected chi connectivity index (χ0v) is 13.4. The molecule has 1 fully saturated rings. The van der Waals surface area contributed by atoms with Gasteiger partial charge in [-0.2, -0.15) is 0 Å². The third kappa shape index (κ3) is 3.24. The molecule has 110 valence electrons. The minimum Gasteiger partial charge on any atom is -0.300 e. The lowest BCUT2D eigenvalue weighted by Crippen LogP contribution is -2.19. The van der Waals surface area contributed by atoms with Crippen LogP contribution in [0.3, 0.4) is 0 Å². The van der Waals surface area contributed by atoms with Crippen LogP contribution in [0.5, 0.6) is 0 Å². The highest BCUT2D eigenvalue weighted by Gasteiger charge is 2.24. The van der Waals surface area contributed by atoms with Gasteiger partial charge in [-0.25, -0.2) is 4.99 Å². The number of para-hydroxylation sites is 1. The number of nitrogens with zero attached hydrogens (tertiary/aromatic N) is 1. The lowest BCUT2D eigenvalue weighted by Gasteiger charge is -1.99. The molecule has 5 heteroatoms. The number of hydrogen-bond acceptors (Lipinski definition) is 3. The Morgan fingerprint density at radius 1 is 1.14 bits per heavy atom. The molecule has 22 heavy (non-hydrogen) atoms. The highest BCUT2D eigenvalue weighted by atomic mass is 35.5. The Balaban J connectivity index is 1.88. The molecule has 3 rings (SSSR count). The zero-order valence-electron chi connectivity index (χ0n) is 11.8. The molecule has 0 aliphatic carbocycles. The molecular formula is C17H13ClN2OS. The number of amides is 1. The van der Waals surface area contributed by atoms with Crippen molar-refractivity contribution >= 4 is 46.2 Å². The third-order valence-electron chi connectivity index (χ3n) is 3.18. The average molecular weight is 329 g/mol. The van der Waals surface area contributed by atoms with Crippen LogP contribution >= 0.6 is 23.4 Å². The Hall–Kier alpha value is -2.04. The quantitative estimate of drug-likeness (QED) is 0.822. The standard InChI is InChI=1S/C17H13ClN2OS/c1-11-6-2-5-9-14(11)19-17-20-16(21)15(22-17)10-12-7-3-4-8-13(12)18/h2-10H,1H3,(H,19,20,21)/b15-10-. The second kappa shape index (κ2) is 6.38. The maximum absolute atomic E-state index is 12.1. The van der Waals surface area contributed by atoms with E-state index in [4.69, 9.17) is 11.6 Å². The molecule has 0 atom stereocenters. The predicted octanol–water partition coefficient (Wildman–Crippen LogP) is 4.54. The third-order valence-corrected chi connectivity index (χ3v) is 4.43. The van der Waals surface area contributed by atoms with E-state index in [2.05, 4.69) is 10.3 Å². The van der Waals surface area contributed by atoms with Gasteiger partial charge in [0.2, 0.25) is 0 Å². The van der Waals surface area contributed by atoms with Gasteiger partial charge in [-0.3, -0.25) is 4.79 Å². The van der Waals surface area contributed by atoms with Gasteiger partial charge in [0.05, 0.1) is 10.6 Å². The number of amidine groups is 1. The van der Waals surface area contributed by atoms with Gasteiger partial charge < -0.3 is 5.32 Å². The summed E-state index contributed by atoms with van der Waals surface area (Å²) in [5.74, 6) is -0.155. The van der Waals surface area contributed by atoms with Crippen LogP contribution in [-0.4, -0.2) is 11.1 Å². The van der Waals surface area contributed by atoms with Gasteiger partial charge in [0.15, 0.2) is 5.17 Å². The number of halogens is 1. The van der Waals surface area contributed by atoms with Crippen molar-refractivity contribution in [3.05, 3.63) is 69.6 Å². The Bertz CT molecular complexity index is 799. The van der Waals surface area contributed by atoms with E-state index in [1.165, 1.54) is 11.8 Å². The van der Waals surface area contributed by atoms with Crippen LogP contribution in [0.25, 0.3) is 6.08 Å². The molecule has 2 aromatic carbocycles. The van der Waals surface area contributed by atoms with E-state index in [0.29, 0.717) is 15.1 Å². The summed E-state index contributed by atoms with van der Waals surface area (Å²) in [6.45, 7) is 1.99. The van der Waals surface area contributed by atoms with Crippen LogP contribution < -0.4 is 5.32 Å². The van der Waals surface area contributed by atoms with Crippen molar-refractivity contribution in [3.8, 4) is 0 Å². The van der Waals surface area contributed by atoms with Crippen molar-refractivity contribution in [2.24, 2.45) is 4.99 Å². The second-order valence-corrected chi connectivity index (χ2v) is 6.23. The summed E-state index contributed by atoms with van der Waals surface area (Å²) in [7, 11) is 0. The minimum atomic E-state index is -0.155. The summed E-state index contributed by atoms with van der Waals surface area (Å²) in [5.41, 5.74) is 2.73. The average Bonchev–Trinajstić information content (AvgIpc) is 2.84. The first-order chi connectivity index (χ1) is 10.6. The number of carbonyl (C=O) groups is 1. The normalized spacial score (nSPS) is 18.0. The highest BCUT2D eigenvalue weighted by molar-refractivity contribution is 8.18. The van der Waals surface area contributed by atoms with Crippen LogP contribution in [0, 0.1) is 6.92 Å². The van der Waals surface area contributed by atoms with Crippen LogP contribution in [0.15, 0.2) is 58.4 Å². The Kier molecular flexibility index (Phi) is 4.32. The molecule has 0 unspecified atom stereocenters. The Labute approximate surface area is 138 Å². The van der Waals surface area contributed by atoms with Crippen molar-refractivity contribution in [2.75, 3.05) is 0 Å². The van der Waals surface area contributed by atoms with Crippen LogP contribution in [0.4, 0.5) is 5.69 Å². The molecule has 1 amide bonds. The van der Waals surface area contributed by atoms with Crippen molar-refractivity contribution in [2.45, 2.75) is 6.92 Å². The molecule has 0 bridgehead atoms. The minimum absolute atomic E-state index is 0.155. The van der Waals surface area contributed by atoms with E-state index in [-0.39, 0.29) is 5.91 Å². The van der Waals surface area contributed by atoms with E-state index >= 15 is 0 Å². The smallest absolute Gasteiger partial charge is 0.264 e. The largest absolute Gasteiger partial charge is 0.300 e. The number of thioether (sulfide) groups is 1. The molecule has 1 heterocycles. The van der Waals surface area contributed by atoms with Crippen LogP contribution in [0.1, 0.15) is 11.1 Å². The molecule has 0 saturated carbocycles. The van der Waals surface area contributed by atoms with Crippen LogP contribution in [-0.2, 0) is 4.79 Å². The van der Waals surface area contributed by atoms with E-state index in [0.717, 1.165) is 16.8 Å². The second-order valence-electron chi connectivity index (χ2n) is 4.79. The topological polar surface area (TPSA) is 41.5 Å². The highest BCUT2D eigenvalue weighted by Crippen LogP contribution is 2.30. The number of carbonyl (C=O) groups excluding carboxylic acids is 1. The first-order valence-corrected chi connectivity index (χ1v) is 7.93. The molecular weight excluding hydrogens is 316 g/mol. The van der Waals surface area contributed by atoms with Gasteiger partial charge in [-0.15, -0.1) is 0 Å². The molecule has 0 spiro atoms. The summed E-state index contributed by atoms with van der Waals surface area (Å²) in [4.78, 5) is 17.1. The summed E-state index contributed by atoms with van der Waals surface area (Å²) in [6, 6.07) is 15.2. The summed E-state index contributed by atoms with van der Waals surface area (Å²) in [5, 5.41) is 3.98. The fourth-order valence-corrected chi connectivity index (χ4v) is 3.03. The number of rotatable bonds is 2. The first kappa shape index (κ1) is 14.9. The molecule has 0 aromatic heterocycles.